The third kappa shape index (κ3) is 4.92. The highest BCUT2D eigenvalue weighted by Crippen LogP contribution is 2.16. The van der Waals surface area contributed by atoms with Crippen LogP contribution in [0.3, 0.4) is 0 Å². The summed E-state index contributed by atoms with van der Waals surface area (Å²) in [5, 5.41) is 3.74. The number of hydrogen-bond donors (Lipinski definition) is 1. The highest BCUT2D eigenvalue weighted by atomic mass is 15.2. The minimum absolute atomic E-state index is 0.687. The van der Waals surface area contributed by atoms with E-state index in [-0.39, 0.29) is 0 Å². The number of nitrogens with one attached hydrogen (secondary N) is 1. The van der Waals surface area contributed by atoms with E-state index in [1.54, 1.807) is 0 Å². The summed E-state index contributed by atoms with van der Waals surface area (Å²) in [5.41, 5.74) is 2.90. The average molecular weight is 274 g/mol. The van der Waals surface area contributed by atoms with Crippen LogP contribution in [0.2, 0.25) is 0 Å². The minimum Gasteiger partial charge on any atom is -0.313 e. The molecule has 0 amide bonds. The smallest absolute Gasteiger partial charge is 0.0237 e. The van der Waals surface area contributed by atoms with E-state index in [1.165, 1.54) is 50.0 Å². The van der Waals surface area contributed by atoms with E-state index in [0.717, 1.165) is 12.5 Å². The van der Waals surface area contributed by atoms with Crippen molar-refractivity contribution in [1.29, 1.82) is 0 Å². The van der Waals surface area contributed by atoms with E-state index < -0.39 is 0 Å². The van der Waals surface area contributed by atoms with Crippen molar-refractivity contribution >= 4 is 0 Å². The number of benzene rings is 1. The van der Waals surface area contributed by atoms with Gasteiger partial charge in [0.25, 0.3) is 0 Å². The summed E-state index contributed by atoms with van der Waals surface area (Å²) in [5.74, 6) is 0.800. The van der Waals surface area contributed by atoms with Crippen molar-refractivity contribution in [3.8, 4) is 0 Å². The maximum absolute atomic E-state index is 3.74. The standard InChI is InChI=1S/C18H30N2/c1-15(2)10-11-19-18-9-6-12-20(14-18)13-17-8-5-4-7-16(17)3/h4-5,7-8,15,18-19H,6,9-14H2,1-3H3. The zero-order valence-corrected chi connectivity index (χ0v) is 13.4. The maximum atomic E-state index is 3.74. The van der Waals surface area contributed by atoms with Crippen LogP contribution in [0.25, 0.3) is 0 Å². The van der Waals surface area contributed by atoms with E-state index in [1.807, 2.05) is 0 Å². The summed E-state index contributed by atoms with van der Waals surface area (Å²) >= 11 is 0. The van der Waals surface area contributed by atoms with Crippen LogP contribution in [0.4, 0.5) is 0 Å². The van der Waals surface area contributed by atoms with Gasteiger partial charge in [-0.25, -0.2) is 0 Å². The average Bonchev–Trinajstić information content (AvgIpc) is 2.41. The molecule has 1 fully saturated rings. The van der Waals surface area contributed by atoms with E-state index in [4.69, 9.17) is 0 Å². The van der Waals surface area contributed by atoms with E-state index >= 15 is 0 Å². The second-order valence-corrected chi connectivity index (χ2v) is 6.64. The van der Waals surface area contributed by atoms with Crippen LogP contribution in [0, 0.1) is 12.8 Å². The van der Waals surface area contributed by atoms with Crippen LogP contribution in [0.1, 0.15) is 44.2 Å². The summed E-state index contributed by atoms with van der Waals surface area (Å²) in [6.45, 7) is 11.5. The Balaban J connectivity index is 1.80. The lowest BCUT2D eigenvalue weighted by atomic mass is 10.0. The molecule has 1 saturated heterocycles. The fourth-order valence-electron chi connectivity index (χ4n) is 2.97. The van der Waals surface area contributed by atoms with Crippen molar-refractivity contribution in [2.45, 2.75) is 52.6 Å². The Morgan fingerprint density at radius 2 is 2.10 bits per heavy atom. The Hall–Kier alpha value is -0.860. The molecule has 0 spiro atoms. The molecule has 1 atom stereocenters. The lowest BCUT2D eigenvalue weighted by Crippen LogP contribution is -2.45. The molecule has 2 nitrogen and oxygen atoms in total. The summed E-state index contributed by atoms with van der Waals surface area (Å²) in [6, 6.07) is 9.46. The van der Waals surface area contributed by atoms with Gasteiger partial charge in [0.05, 0.1) is 0 Å². The van der Waals surface area contributed by atoms with Crippen molar-refractivity contribution in [2.75, 3.05) is 19.6 Å². The topological polar surface area (TPSA) is 15.3 Å². The van der Waals surface area contributed by atoms with Gasteiger partial charge in [-0.2, -0.15) is 0 Å². The molecule has 20 heavy (non-hydrogen) atoms. The molecule has 2 rings (SSSR count). The SMILES string of the molecule is Cc1ccccc1CN1CCCC(NCCC(C)C)C1. The summed E-state index contributed by atoms with van der Waals surface area (Å²) in [6.07, 6.45) is 3.95. The van der Waals surface area contributed by atoms with Gasteiger partial charge in [0.1, 0.15) is 0 Å². The van der Waals surface area contributed by atoms with Gasteiger partial charge in [-0.05, 0) is 56.3 Å². The molecule has 1 aromatic rings. The zero-order valence-electron chi connectivity index (χ0n) is 13.4. The first-order chi connectivity index (χ1) is 9.65. The number of likely N-dealkylation sites (tertiary alicyclic amines) is 1. The Kier molecular flexibility index (Phi) is 6.06. The van der Waals surface area contributed by atoms with Crippen molar-refractivity contribution in [3.05, 3.63) is 35.4 Å². The number of hydrogen-bond acceptors (Lipinski definition) is 2. The largest absolute Gasteiger partial charge is 0.313 e. The van der Waals surface area contributed by atoms with Crippen LogP contribution in [-0.2, 0) is 6.54 Å². The fourth-order valence-corrected chi connectivity index (χ4v) is 2.97. The molecule has 0 bridgehead atoms. The predicted octanol–water partition coefficient (Wildman–Crippen LogP) is 3.60. The second-order valence-electron chi connectivity index (χ2n) is 6.64. The molecular weight excluding hydrogens is 244 g/mol. The Bertz CT molecular complexity index is 400. The molecule has 1 aliphatic heterocycles. The van der Waals surface area contributed by atoms with Gasteiger partial charge < -0.3 is 5.32 Å². The molecule has 0 radical (unpaired) electrons. The molecular formula is C18H30N2. The Labute approximate surface area is 124 Å². The summed E-state index contributed by atoms with van der Waals surface area (Å²) < 4.78 is 0. The molecule has 112 valence electrons. The first-order valence-electron chi connectivity index (χ1n) is 8.15. The second kappa shape index (κ2) is 7.80. The molecule has 1 heterocycles. The van der Waals surface area contributed by atoms with Crippen LogP contribution < -0.4 is 5.32 Å². The Morgan fingerprint density at radius 1 is 1.30 bits per heavy atom. The minimum atomic E-state index is 0.687. The van der Waals surface area contributed by atoms with Crippen LogP contribution in [0.15, 0.2) is 24.3 Å². The molecule has 0 aromatic heterocycles. The van der Waals surface area contributed by atoms with Gasteiger partial charge in [0, 0.05) is 19.1 Å². The quantitative estimate of drug-likeness (QED) is 0.853. The fraction of sp³-hybridized carbons (Fsp3) is 0.667. The van der Waals surface area contributed by atoms with E-state index in [9.17, 15) is 0 Å². The van der Waals surface area contributed by atoms with Crippen LogP contribution in [-0.4, -0.2) is 30.6 Å². The van der Waals surface area contributed by atoms with Crippen LogP contribution in [0.5, 0.6) is 0 Å². The van der Waals surface area contributed by atoms with E-state index in [0.29, 0.717) is 6.04 Å². The van der Waals surface area contributed by atoms with Crippen LogP contribution >= 0.6 is 0 Å². The highest BCUT2D eigenvalue weighted by molar-refractivity contribution is 5.25. The Morgan fingerprint density at radius 3 is 2.85 bits per heavy atom. The van der Waals surface area contributed by atoms with Gasteiger partial charge in [-0.3, -0.25) is 4.90 Å². The van der Waals surface area contributed by atoms with Crippen molar-refractivity contribution in [1.82, 2.24) is 10.2 Å². The molecule has 1 N–H and O–H groups in total. The van der Waals surface area contributed by atoms with Gasteiger partial charge >= 0.3 is 0 Å². The maximum Gasteiger partial charge on any atom is 0.0237 e. The van der Waals surface area contributed by atoms with Gasteiger partial charge in [0.2, 0.25) is 0 Å². The van der Waals surface area contributed by atoms with Crippen molar-refractivity contribution in [2.24, 2.45) is 5.92 Å². The van der Waals surface area contributed by atoms with Gasteiger partial charge in [0.15, 0.2) is 0 Å². The highest BCUT2D eigenvalue weighted by Gasteiger charge is 2.19. The lowest BCUT2D eigenvalue weighted by Gasteiger charge is -2.33. The summed E-state index contributed by atoms with van der Waals surface area (Å²) in [4.78, 5) is 2.61. The number of piperidine rings is 1. The molecule has 1 aromatic carbocycles. The van der Waals surface area contributed by atoms with Crippen molar-refractivity contribution < 1.29 is 0 Å². The number of aryl methyl sites for hydroxylation is 1. The molecule has 2 heteroatoms. The first-order valence-corrected chi connectivity index (χ1v) is 8.15. The lowest BCUT2D eigenvalue weighted by molar-refractivity contribution is 0.182. The first kappa shape index (κ1) is 15.5. The van der Waals surface area contributed by atoms with Gasteiger partial charge in [-0.1, -0.05) is 38.1 Å². The zero-order chi connectivity index (χ0) is 14.4. The number of nitrogens with zero attached hydrogens (tertiary/aromatic N) is 1. The third-order valence-corrected chi connectivity index (χ3v) is 4.32. The molecule has 1 aliphatic rings. The number of rotatable bonds is 6. The summed E-state index contributed by atoms with van der Waals surface area (Å²) in [7, 11) is 0. The predicted molar refractivity (Wildman–Crippen MR) is 86.9 cm³/mol. The van der Waals surface area contributed by atoms with Crippen molar-refractivity contribution in [3.63, 3.8) is 0 Å². The molecule has 1 unspecified atom stereocenters. The van der Waals surface area contributed by atoms with E-state index in [2.05, 4.69) is 55.3 Å². The monoisotopic (exact) mass is 274 g/mol. The van der Waals surface area contributed by atoms with Gasteiger partial charge in [-0.15, -0.1) is 0 Å². The third-order valence-electron chi connectivity index (χ3n) is 4.32. The molecule has 0 aliphatic carbocycles. The molecule has 0 saturated carbocycles. The normalized spacial score (nSPS) is 20.5.